The van der Waals surface area contributed by atoms with Crippen LogP contribution in [0.1, 0.15) is 25.7 Å². The maximum Gasteiger partial charge on any atom is 0.328 e. The molecule has 180 valence electrons. The van der Waals surface area contributed by atoms with Crippen molar-refractivity contribution in [2.45, 2.75) is 49.9 Å². The molecule has 0 aliphatic rings. The third-order valence-corrected chi connectivity index (χ3v) is 3.85. The second-order valence-electron chi connectivity index (χ2n) is 6.51. The minimum atomic E-state index is -1.79. The summed E-state index contributed by atoms with van der Waals surface area (Å²) in [6.45, 7) is -0.989. The Morgan fingerprint density at radius 1 is 0.719 bits per heavy atom. The van der Waals surface area contributed by atoms with Crippen molar-refractivity contribution in [3.63, 3.8) is 0 Å². The van der Waals surface area contributed by atoms with Gasteiger partial charge in [0.15, 0.2) is 0 Å². The number of nitrogens with two attached hydrogens (primary N) is 2. The molecule has 0 aromatic heterocycles. The highest BCUT2D eigenvalue weighted by Crippen LogP contribution is 2.03. The topological polar surface area (TPSA) is 289 Å². The maximum atomic E-state index is 12.5. The molecule has 0 aliphatic carbocycles. The van der Waals surface area contributed by atoms with E-state index in [1.54, 1.807) is 0 Å². The number of amides is 4. The molecule has 4 amide bonds. The number of aliphatic carboxylic acids is 3. The molecule has 0 saturated heterocycles. The summed E-state index contributed by atoms with van der Waals surface area (Å²) in [5, 5.41) is 41.5. The fraction of sp³-hybridized carbons (Fsp3) is 0.562. The Morgan fingerprint density at radius 3 is 1.62 bits per heavy atom. The van der Waals surface area contributed by atoms with Crippen LogP contribution in [0.4, 0.5) is 0 Å². The SMILES string of the molecule is NC(=O)CCC(NC(=O)C(CC(=O)O)NC(=O)C(N)CC(=O)O)C(=O)NC(CO)C(=O)O. The number of rotatable bonds is 15. The Morgan fingerprint density at radius 2 is 1.19 bits per heavy atom. The molecule has 0 radical (unpaired) electrons. The lowest BCUT2D eigenvalue weighted by molar-refractivity contribution is -0.144. The van der Waals surface area contributed by atoms with E-state index in [1.165, 1.54) is 0 Å². The molecule has 0 spiro atoms. The zero-order chi connectivity index (χ0) is 25.0. The summed E-state index contributed by atoms with van der Waals surface area (Å²) >= 11 is 0. The van der Waals surface area contributed by atoms with Crippen molar-refractivity contribution in [3.05, 3.63) is 0 Å². The average Bonchev–Trinajstić information content (AvgIpc) is 2.66. The van der Waals surface area contributed by atoms with Crippen LogP contribution < -0.4 is 27.4 Å². The van der Waals surface area contributed by atoms with Gasteiger partial charge in [0.1, 0.15) is 18.1 Å². The van der Waals surface area contributed by atoms with Gasteiger partial charge in [-0.05, 0) is 6.42 Å². The molecule has 4 atom stereocenters. The first-order chi connectivity index (χ1) is 14.8. The van der Waals surface area contributed by atoms with E-state index in [-0.39, 0.29) is 0 Å². The molecule has 4 unspecified atom stereocenters. The standard InChI is InChI=1S/C16H25N5O11/c17-6(3-11(24)25)13(28)20-8(4-12(26)27)15(30)19-7(1-2-10(18)23)14(29)21-9(5-22)16(31)32/h6-9,22H,1-5,17H2,(H2,18,23)(H,19,30)(H,20,28)(H,21,29)(H,24,25)(H,26,27)(H,31,32). The van der Waals surface area contributed by atoms with Crippen LogP contribution in [0.25, 0.3) is 0 Å². The van der Waals surface area contributed by atoms with E-state index < -0.39 is 98.0 Å². The van der Waals surface area contributed by atoms with Gasteiger partial charge in [-0.3, -0.25) is 28.8 Å². The fourth-order valence-corrected chi connectivity index (χ4v) is 2.23. The van der Waals surface area contributed by atoms with Gasteiger partial charge in [0.05, 0.1) is 25.5 Å². The molecule has 16 nitrogen and oxygen atoms in total. The number of carbonyl (C=O) groups excluding carboxylic acids is 4. The Labute approximate surface area is 180 Å². The summed E-state index contributed by atoms with van der Waals surface area (Å²) in [4.78, 5) is 80.5. The van der Waals surface area contributed by atoms with Crippen LogP contribution >= 0.6 is 0 Å². The van der Waals surface area contributed by atoms with Gasteiger partial charge in [0.2, 0.25) is 23.6 Å². The van der Waals surface area contributed by atoms with Crippen molar-refractivity contribution < 1.29 is 54.0 Å². The smallest absolute Gasteiger partial charge is 0.328 e. The van der Waals surface area contributed by atoms with Gasteiger partial charge in [-0.25, -0.2) is 4.79 Å². The minimum Gasteiger partial charge on any atom is -0.481 e. The summed E-state index contributed by atoms with van der Waals surface area (Å²) in [5.41, 5.74) is 10.4. The number of carbonyl (C=O) groups is 7. The van der Waals surface area contributed by atoms with E-state index in [0.717, 1.165) is 0 Å². The number of aliphatic hydroxyl groups is 1. The average molecular weight is 463 g/mol. The third-order valence-electron chi connectivity index (χ3n) is 3.85. The largest absolute Gasteiger partial charge is 0.481 e. The Bertz CT molecular complexity index is 757. The Kier molecular flexibility index (Phi) is 11.9. The summed E-state index contributed by atoms with van der Waals surface area (Å²) < 4.78 is 0. The van der Waals surface area contributed by atoms with E-state index in [9.17, 15) is 33.6 Å². The van der Waals surface area contributed by atoms with E-state index >= 15 is 0 Å². The van der Waals surface area contributed by atoms with Crippen molar-refractivity contribution in [2.24, 2.45) is 11.5 Å². The number of hydrogen-bond acceptors (Lipinski definition) is 9. The van der Waals surface area contributed by atoms with Crippen LogP contribution in [0.15, 0.2) is 0 Å². The predicted molar refractivity (Wildman–Crippen MR) is 101 cm³/mol. The molecule has 0 bridgehead atoms. The van der Waals surface area contributed by atoms with E-state index in [0.29, 0.717) is 0 Å². The third kappa shape index (κ3) is 10.8. The second-order valence-corrected chi connectivity index (χ2v) is 6.51. The van der Waals surface area contributed by atoms with E-state index in [2.05, 4.69) is 5.32 Å². The highest BCUT2D eigenvalue weighted by Gasteiger charge is 2.31. The van der Waals surface area contributed by atoms with Crippen LogP contribution in [0.5, 0.6) is 0 Å². The zero-order valence-corrected chi connectivity index (χ0v) is 16.6. The predicted octanol–water partition coefficient (Wildman–Crippen LogP) is -4.94. The van der Waals surface area contributed by atoms with Gasteiger partial charge in [0, 0.05) is 6.42 Å². The van der Waals surface area contributed by atoms with Gasteiger partial charge < -0.3 is 47.8 Å². The van der Waals surface area contributed by atoms with Crippen molar-refractivity contribution in [1.82, 2.24) is 16.0 Å². The normalized spacial score (nSPS) is 14.2. The van der Waals surface area contributed by atoms with Gasteiger partial charge in [-0.15, -0.1) is 0 Å². The molecular weight excluding hydrogens is 438 g/mol. The molecule has 32 heavy (non-hydrogen) atoms. The Hall–Kier alpha value is -3.79. The molecule has 0 fully saturated rings. The summed E-state index contributed by atoms with van der Waals surface area (Å²) in [5.74, 6) is -8.94. The van der Waals surface area contributed by atoms with Gasteiger partial charge >= 0.3 is 17.9 Å². The molecule has 0 heterocycles. The quantitative estimate of drug-likeness (QED) is 0.110. The van der Waals surface area contributed by atoms with Crippen molar-refractivity contribution in [2.75, 3.05) is 6.61 Å². The first-order valence-electron chi connectivity index (χ1n) is 9.00. The number of aliphatic hydroxyl groups excluding tert-OH is 1. The number of carboxylic acids is 3. The number of carboxylic acid groups (broad SMARTS) is 3. The number of hydrogen-bond donors (Lipinski definition) is 9. The molecule has 0 saturated carbocycles. The first-order valence-corrected chi connectivity index (χ1v) is 9.00. The summed E-state index contributed by atoms with van der Waals surface area (Å²) in [7, 11) is 0. The molecule has 16 heteroatoms. The van der Waals surface area contributed by atoms with E-state index in [1.807, 2.05) is 10.6 Å². The fourth-order valence-electron chi connectivity index (χ4n) is 2.23. The van der Waals surface area contributed by atoms with Crippen LogP contribution in [0.3, 0.4) is 0 Å². The summed E-state index contributed by atoms with van der Waals surface area (Å²) in [6.07, 6.45) is -2.64. The van der Waals surface area contributed by atoms with Crippen molar-refractivity contribution in [1.29, 1.82) is 0 Å². The molecule has 0 aliphatic heterocycles. The second kappa shape index (κ2) is 13.5. The van der Waals surface area contributed by atoms with Gasteiger partial charge in [-0.1, -0.05) is 0 Å². The zero-order valence-electron chi connectivity index (χ0n) is 16.6. The van der Waals surface area contributed by atoms with Crippen molar-refractivity contribution in [3.8, 4) is 0 Å². The molecule has 0 aromatic rings. The first kappa shape index (κ1) is 28.2. The van der Waals surface area contributed by atoms with Crippen molar-refractivity contribution >= 4 is 41.5 Å². The van der Waals surface area contributed by atoms with E-state index in [4.69, 9.17) is 31.9 Å². The minimum absolute atomic E-state index is 0.420. The summed E-state index contributed by atoms with van der Waals surface area (Å²) in [6, 6.07) is -6.73. The van der Waals surface area contributed by atoms with Crippen LogP contribution in [0, 0.1) is 0 Å². The Balaban J connectivity index is 5.51. The molecule has 0 aromatic carbocycles. The highest BCUT2D eigenvalue weighted by atomic mass is 16.4. The highest BCUT2D eigenvalue weighted by molar-refractivity contribution is 5.96. The molecule has 0 rings (SSSR count). The monoisotopic (exact) mass is 463 g/mol. The van der Waals surface area contributed by atoms with Crippen LogP contribution in [-0.4, -0.2) is 92.7 Å². The van der Waals surface area contributed by atoms with Gasteiger partial charge in [-0.2, -0.15) is 0 Å². The lowest BCUT2D eigenvalue weighted by atomic mass is 10.1. The molecule has 11 N–H and O–H groups in total. The van der Waals surface area contributed by atoms with Crippen LogP contribution in [-0.2, 0) is 33.6 Å². The van der Waals surface area contributed by atoms with Crippen LogP contribution in [0.2, 0.25) is 0 Å². The number of nitrogens with one attached hydrogen (secondary N) is 3. The number of primary amides is 1. The lowest BCUT2D eigenvalue weighted by Gasteiger charge is -2.24. The maximum absolute atomic E-state index is 12.5. The molecular formula is C16H25N5O11. The lowest BCUT2D eigenvalue weighted by Crippen LogP contribution is -2.58. The van der Waals surface area contributed by atoms with Gasteiger partial charge in [0.25, 0.3) is 0 Å².